The molecule has 0 aliphatic carbocycles. The number of rotatable bonds is 0. The maximum Gasteiger partial charge on any atom is 0.184 e. The van der Waals surface area contributed by atoms with E-state index in [-0.39, 0.29) is 5.78 Å². The van der Waals surface area contributed by atoms with Crippen LogP contribution in [0.2, 0.25) is 0 Å². The average Bonchev–Trinajstić information content (AvgIpc) is 2.74. The molecule has 0 unspecified atom stereocenters. The number of carbonyl (C=O) groups excluding carboxylic acids is 1. The van der Waals surface area contributed by atoms with Crippen molar-refractivity contribution >= 4 is 11.5 Å². The van der Waals surface area contributed by atoms with Gasteiger partial charge in [-0.25, -0.2) is 0 Å². The zero-order chi connectivity index (χ0) is 13.6. The molecule has 0 saturated heterocycles. The lowest BCUT2D eigenvalue weighted by molar-refractivity contribution is 0.101. The van der Waals surface area contributed by atoms with Gasteiger partial charge >= 0.3 is 0 Å². The molecule has 96 valence electrons. The number of hydrogen-bond donors (Lipinski definition) is 1. The second-order valence-corrected chi connectivity index (χ2v) is 3.66. The summed E-state index contributed by atoms with van der Waals surface area (Å²) in [6, 6.07) is 2.12. The van der Waals surface area contributed by atoms with Gasteiger partial charge in [0.15, 0.2) is 5.78 Å². The molecule has 1 aliphatic rings. The van der Waals surface area contributed by atoms with Gasteiger partial charge in [-0.15, -0.1) is 0 Å². The average molecular weight is 235 g/mol. The summed E-state index contributed by atoms with van der Waals surface area (Å²) < 4.78 is 0. The summed E-state index contributed by atoms with van der Waals surface area (Å²) in [4.78, 5) is 11.5. The van der Waals surface area contributed by atoms with E-state index < -0.39 is 0 Å². The molecule has 0 bridgehead atoms. The molecule has 17 heavy (non-hydrogen) atoms. The molecule has 2 rings (SSSR count). The summed E-state index contributed by atoms with van der Waals surface area (Å²) in [6.07, 6.45) is 0. The minimum atomic E-state index is 0.222. The summed E-state index contributed by atoms with van der Waals surface area (Å²) >= 11 is 0. The molecule has 1 aromatic rings. The van der Waals surface area contributed by atoms with Crippen molar-refractivity contribution in [3.8, 4) is 0 Å². The molecular formula is C15H25NO. The van der Waals surface area contributed by atoms with Crippen LogP contribution in [0, 0.1) is 20.8 Å². The van der Waals surface area contributed by atoms with Crippen molar-refractivity contribution in [2.24, 2.45) is 0 Å². The lowest BCUT2D eigenvalue weighted by atomic mass is 9.97. The Morgan fingerprint density at radius 3 is 2.06 bits per heavy atom. The highest BCUT2D eigenvalue weighted by atomic mass is 16.1. The largest absolute Gasteiger partial charge is 0.377 e. The number of carbonyl (C=O) groups is 1. The SMILES string of the molecule is CC.CC.Cc1cc(C)c2c(c1C)C(=O)CN2. The van der Waals surface area contributed by atoms with Gasteiger partial charge in [0.05, 0.1) is 6.54 Å². The van der Waals surface area contributed by atoms with Gasteiger partial charge in [0.1, 0.15) is 0 Å². The van der Waals surface area contributed by atoms with Crippen LogP contribution in [0.15, 0.2) is 6.07 Å². The van der Waals surface area contributed by atoms with Crippen molar-refractivity contribution in [3.63, 3.8) is 0 Å². The number of aryl methyl sites for hydroxylation is 2. The molecule has 0 atom stereocenters. The number of benzene rings is 1. The van der Waals surface area contributed by atoms with Crippen molar-refractivity contribution in [2.45, 2.75) is 48.5 Å². The van der Waals surface area contributed by atoms with E-state index in [1.165, 1.54) is 11.1 Å². The lowest BCUT2D eigenvalue weighted by Crippen LogP contribution is -2.02. The third kappa shape index (κ3) is 3.09. The lowest BCUT2D eigenvalue weighted by Gasteiger charge is -2.09. The van der Waals surface area contributed by atoms with Crippen LogP contribution in [0.3, 0.4) is 0 Å². The van der Waals surface area contributed by atoms with Crippen LogP contribution in [0.25, 0.3) is 0 Å². The normalized spacial score (nSPS) is 11.6. The Morgan fingerprint density at radius 1 is 1.00 bits per heavy atom. The highest BCUT2D eigenvalue weighted by molar-refractivity contribution is 6.10. The molecule has 2 nitrogen and oxygen atoms in total. The smallest absolute Gasteiger partial charge is 0.184 e. The van der Waals surface area contributed by atoms with Gasteiger partial charge in [0.2, 0.25) is 0 Å². The minimum Gasteiger partial charge on any atom is -0.377 e. The van der Waals surface area contributed by atoms with E-state index in [0.717, 1.165) is 16.8 Å². The van der Waals surface area contributed by atoms with Gasteiger partial charge in [0.25, 0.3) is 0 Å². The molecule has 0 amide bonds. The Kier molecular flexibility index (Phi) is 6.55. The quantitative estimate of drug-likeness (QED) is 0.727. The Morgan fingerprint density at radius 2 is 1.53 bits per heavy atom. The second-order valence-electron chi connectivity index (χ2n) is 3.66. The summed E-state index contributed by atoms with van der Waals surface area (Å²) in [7, 11) is 0. The van der Waals surface area contributed by atoms with E-state index >= 15 is 0 Å². The van der Waals surface area contributed by atoms with Gasteiger partial charge in [-0.3, -0.25) is 4.79 Å². The first-order valence-corrected chi connectivity index (χ1v) is 6.49. The summed E-state index contributed by atoms with van der Waals surface area (Å²) in [5.74, 6) is 0.222. The molecule has 0 fully saturated rings. The van der Waals surface area contributed by atoms with Crippen molar-refractivity contribution in [2.75, 3.05) is 11.9 Å². The molecule has 1 heterocycles. The maximum absolute atomic E-state index is 11.5. The molecule has 1 aromatic carbocycles. The van der Waals surface area contributed by atoms with E-state index in [1.807, 2.05) is 48.5 Å². The summed E-state index contributed by atoms with van der Waals surface area (Å²) in [6.45, 7) is 14.6. The van der Waals surface area contributed by atoms with Gasteiger partial charge < -0.3 is 5.32 Å². The zero-order valence-corrected chi connectivity index (χ0v) is 12.2. The van der Waals surface area contributed by atoms with Gasteiger partial charge in [-0.2, -0.15) is 0 Å². The zero-order valence-electron chi connectivity index (χ0n) is 12.2. The molecule has 0 radical (unpaired) electrons. The van der Waals surface area contributed by atoms with E-state index in [9.17, 15) is 4.79 Å². The Bertz CT molecular complexity index is 394. The van der Waals surface area contributed by atoms with Crippen molar-refractivity contribution in [1.82, 2.24) is 0 Å². The molecule has 0 saturated carbocycles. The van der Waals surface area contributed by atoms with Gasteiger partial charge in [-0.1, -0.05) is 33.8 Å². The fourth-order valence-electron chi connectivity index (χ4n) is 1.92. The molecule has 0 spiro atoms. The molecule has 2 heteroatoms. The van der Waals surface area contributed by atoms with E-state index in [4.69, 9.17) is 0 Å². The van der Waals surface area contributed by atoms with Crippen LogP contribution in [-0.2, 0) is 0 Å². The van der Waals surface area contributed by atoms with Crippen LogP contribution in [0.5, 0.6) is 0 Å². The monoisotopic (exact) mass is 235 g/mol. The fraction of sp³-hybridized carbons (Fsp3) is 0.533. The Balaban J connectivity index is 0.000000581. The number of hydrogen-bond acceptors (Lipinski definition) is 2. The van der Waals surface area contributed by atoms with Crippen LogP contribution >= 0.6 is 0 Å². The summed E-state index contributed by atoms with van der Waals surface area (Å²) in [5, 5.41) is 3.14. The van der Waals surface area contributed by atoms with E-state index in [2.05, 4.69) is 11.4 Å². The molecule has 1 aliphatic heterocycles. The first-order chi connectivity index (χ1) is 8.11. The van der Waals surface area contributed by atoms with Gasteiger partial charge in [-0.05, 0) is 37.5 Å². The standard InChI is InChI=1S/C11H13NO.2C2H6/c1-6-4-7(2)11-10(8(6)3)9(13)5-12-11;2*1-2/h4,12H,5H2,1-3H3;2*1-2H3. The molecular weight excluding hydrogens is 210 g/mol. The number of nitrogens with one attached hydrogen (secondary N) is 1. The number of fused-ring (bicyclic) bond motifs is 1. The third-order valence-electron chi connectivity index (χ3n) is 2.75. The van der Waals surface area contributed by atoms with Crippen LogP contribution in [0.1, 0.15) is 54.7 Å². The number of ketones is 1. The van der Waals surface area contributed by atoms with Crippen LogP contribution in [-0.4, -0.2) is 12.3 Å². The predicted octanol–water partition coefficient (Wildman–Crippen LogP) is 4.27. The molecule has 0 aromatic heterocycles. The number of Topliss-reactive ketones (excluding diaryl/α,β-unsaturated/α-hetero) is 1. The predicted molar refractivity (Wildman–Crippen MR) is 76.2 cm³/mol. The van der Waals surface area contributed by atoms with Crippen molar-refractivity contribution in [1.29, 1.82) is 0 Å². The van der Waals surface area contributed by atoms with E-state index in [1.54, 1.807) is 0 Å². The highest BCUT2D eigenvalue weighted by Gasteiger charge is 2.23. The topological polar surface area (TPSA) is 29.1 Å². The Hall–Kier alpha value is -1.31. The summed E-state index contributed by atoms with van der Waals surface area (Å²) in [5.41, 5.74) is 5.43. The molecule has 1 N–H and O–H groups in total. The van der Waals surface area contributed by atoms with Crippen LogP contribution in [0.4, 0.5) is 5.69 Å². The van der Waals surface area contributed by atoms with E-state index in [0.29, 0.717) is 6.54 Å². The highest BCUT2D eigenvalue weighted by Crippen LogP contribution is 2.30. The van der Waals surface area contributed by atoms with Crippen molar-refractivity contribution in [3.05, 3.63) is 28.3 Å². The van der Waals surface area contributed by atoms with Crippen molar-refractivity contribution < 1.29 is 4.79 Å². The Labute approximate surface area is 105 Å². The first-order valence-electron chi connectivity index (χ1n) is 6.49. The first kappa shape index (κ1) is 15.7. The van der Waals surface area contributed by atoms with Crippen LogP contribution < -0.4 is 5.32 Å². The fourth-order valence-corrected chi connectivity index (χ4v) is 1.92. The third-order valence-corrected chi connectivity index (χ3v) is 2.75. The minimum absolute atomic E-state index is 0.222. The second kappa shape index (κ2) is 7.10. The van der Waals surface area contributed by atoms with Gasteiger partial charge in [0, 0.05) is 11.3 Å². The maximum atomic E-state index is 11.5. The number of anilines is 1.